The molecule has 1 unspecified atom stereocenters. The largest absolute Gasteiger partial charge is 0.392 e. The third-order valence-corrected chi connectivity index (χ3v) is 1.24. The molecule has 3 heteroatoms. The van der Waals surface area contributed by atoms with Crippen molar-refractivity contribution in [3.05, 3.63) is 0 Å². The third-order valence-electron chi connectivity index (χ3n) is 1.24. The minimum atomic E-state index is 0.271. The fourth-order valence-electron chi connectivity index (χ4n) is 0.824. The second-order valence-electron chi connectivity index (χ2n) is 1.85. The Balaban J connectivity index is 2.14. The number of hydrogen-bond acceptors (Lipinski definition) is 3. The molecular weight excluding hydrogens is 104 g/mol. The SMILES string of the molecule is C=NOC1CCNC1. The Bertz CT molecular complexity index is 78.5. The van der Waals surface area contributed by atoms with Crippen LogP contribution in [0.5, 0.6) is 0 Å². The zero-order valence-electron chi connectivity index (χ0n) is 4.76. The van der Waals surface area contributed by atoms with Gasteiger partial charge in [0.05, 0.1) is 0 Å². The van der Waals surface area contributed by atoms with E-state index in [0.29, 0.717) is 0 Å². The highest BCUT2D eigenvalue weighted by Gasteiger charge is 2.14. The van der Waals surface area contributed by atoms with Crippen molar-refractivity contribution in [2.24, 2.45) is 5.16 Å². The van der Waals surface area contributed by atoms with Gasteiger partial charge in [-0.15, -0.1) is 5.16 Å². The molecule has 1 rings (SSSR count). The molecule has 3 nitrogen and oxygen atoms in total. The highest BCUT2D eigenvalue weighted by Crippen LogP contribution is 2.01. The van der Waals surface area contributed by atoms with Crippen molar-refractivity contribution in [2.45, 2.75) is 12.5 Å². The molecule has 1 aliphatic heterocycles. The van der Waals surface area contributed by atoms with Gasteiger partial charge in [-0.2, -0.15) is 0 Å². The van der Waals surface area contributed by atoms with Gasteiger partial charge in [-0.25, -0.2) is 0 Å². The molecule has 1 N–H and O–H groups in total. The maximum absolute atomic E-state index is 4.85. The van der Waals surface area contributed by atoms with Crippen LogP contribution in [0.15, 0.2) is 5.16 Å². The van der Waals surface area contributed by atoms with Gasteiger partial charge < -0.3 is 10.2 Å². The highest BCUT2D eigenvalue weighted by molar-refractivity contribution is 5.21. The van der Waals surface area contributed by atoms with Crippen LogP contribution in [0.2, 0.25) is 0 Å². The van der Waals surface area contributed by atoms with E-state index in [0.717, 1.165) is 19.5 Å². The standard InChI is InChI=1S/C5H10N2O/c1-6-8-5-2-3-7-4-5/h5,7H,1-4H2. The number of rotatable bonds is 2. The van der Waals surface area contributed by atoms with Crippen LogP contribution in [0.4, 0.5) is 0 Å². The molecule has 1 heterocycles. The minimum Gasteiger partial charge on any atom is -0.392 e. The molecule has 1 saturated heterocycles. The van der Waals surface area contributed by atoms with Gasteiger partial charge in [-0.1, -0.05) is 0 Å². The van der Waals surface area contributed by atoms with E-state index in [4.69, 9.17) is 4.84 Å². The van der Waals surface area contributed by atoms with Crippen molar-refractivity contribution in [3.8, 4) is 0 Å². The van der Waals surface area contributed by atoms with E-state index in [-0.39, 0.29) is 6.10 Å². The number of oxime groups is 1. The second-order valence-corrected chi connectivity index (χ2v) is 1.85. The lowest BCUT2D eigenvalue weighted by Gasteiger charge is -2.02. The Morgan fingerprint density at radius 2 is 2.62 bits per heavy atom. The highest BCUT2D eigenvalue weighted by atomic mass is 16.6. The summed E-state index contributed by atoms with van der Waals surface area (Å²) >= 11 is 0. The van der Waals surface area contributed by atoms with Gasteiger partial charge in [0, 0.05) is 19.7 Å². The van der Waals surface area contributed by atoms with Gasteiger partial charge >= 0.3 is 0 Å². The third kappa shape index (κ3) is 1.20. The summed E-state index contributed by atoms with van der Waals surface area (Å²) in [6.45, 7) is 5.18. The zero-order valence-corrected chi connectivity index (χ0v) is 4.76. The van der Waals surface area contributed by atoms with Gasteiger partial charge in [0.2, 0.25) is 0 Å². The lowest BCUT2D eigenvalue weighted by molar-refractivity contribution is 0.0757. The minimum absolute atomic E-state index is 0.271. The maximum atomic E-state index is 4.85. The fraction of sp³-hybridized carbons (Fsp3) is 0.800. The first-order chi connectivity index (χ1) is 3.93. The van der Waals surface area contributed by atoms with Gasteiger partial charge in [0.1, 0.15) is 6.10 Å². The lowest BCUT2D eigenvalue weighted by atomic mass is 10.3. The van der Waals surface area contributed by atoms with Crippen LogP contribution >= 0.6 is 0 Å². The molecule has 0 aromatic heterocycles. The summed E-state index contributed by atoms with van der Waals surface area (Å²) < 4.78 is 0. The fourth-order valence-corrected chi connectivity index (χ4v) is 0.824. The normalized spacial score (nSPS) is 27.8. The van der Waals surface area contributed by atoms with Crippen LogP contribution in [-0.2, 0) is 4.84 Å². The van der Waals surface area contributed by atoms with E-state index in [2.05, 4.69) is 17.2 Å². The average molecular weight is 114 g/mol. The van der Waals surface area contributed by atoms with E-state index in [1.165, 1.54) is 0 Å². The van der Waals surface area contributed by atoms with Crippen LogP contribution in [0.3, 0.4) is 0 Å². The van der Waals surface area contributed by atoms with E-state index < -0.39 is 0 Å². The molecule has 46 valence electrons. The molecule has 1 aliphatic rings. The topological polar surface area (TPSA) is 33.6 Å². The molecule has 0 aromatic rings. The van der Waals surface area contributed by atoms with E-state index in [1.807, 2.05) is 0 Å². The summed E-state index contributed by atoms with van der Waals surface area (Å²) in [5.41, 5.74) is 0. The molecule has 0 bridgehead atoms. The van der Waals surface area contributed by atoms with Crippen molar-refractivity contribution in [1.82, 2.24) is 5.32 Å². The predicted molar refractivity (Wildman–Crippen MR) is 31.9 cm³/mol. The summed E-state index contributed by atoms with van der Waals surface area (Å²) in [5.74, 6) is 0. The smallest absolute Gasteiger partial charge is 0.141 e. The summed E-state index contributed by atoms with van der Waals surface area (Å²) in [6, 6.07) is 0. The summed E-state index contributed by atoms with van der Waals surface area (Å²) in [6.07, 6.45) is 1.33. The molecule has 0 amide bonds. The molecule has 0 saturated carbocycles. The van der Waals surface area contributed by atoms with Crippen molar-refractivity contribution in [2.75, 3.05) is 13.1 Å². The van der Waals surface area contributed by atoms with Gasteiger partial charge in [-0.05, 0) is 6.54 Å². The monoisotopic (exact) mass is 114 g/mol. The predicted octanol–water partition coefficient (Wildman–Crippen LogP) is -0.0195. The summed E-state index contributed by atoms with van der Waals surface area (Å²) in [4.78, 5) is 4.85. The van der Waals surface area contributed by atoms with Crippen LogP contribution in [-0.4, -0.2) is 25.9 Å². The lowest BCUT2D eigenvalue weighted by Crippen LogP contribution is -2.13. The van der Waals surface area contributed by atoms with Gasteiger partial charge in [-0.3, -0.25) is 0 Å². The van der Waals surface area contributed by atoms with E-state index >= 15 is 0 Å². The molecule has 1 atom stereocenters. The van der Waals surface area contributed by atoms with Crippen molar-refractivity contribution in [1.29, 1.82) is 0 Å². The summed E-state index contributed by atoms with van der Waals surface area (Å²) in [7, 11) is 0. The Labute approximate surface area is 48.7 Å². The number of hydrogen-bond donors (Lipinski definition) is 1. The van der Waals surface area contributed by atoms with Crippen molar-refractivity contribution < 1.29 is 4.84 Å². The van der Waals surface area contributed by atoms with Gasteiger partial charge in [0.25, 0.3) is 0 Å². The quantitative estimate of drug-likeness (QED) is 0.404. The Hall–Kier alpha value is -0.570. The Kier molecular flexibility index (Phi) is 1.86. The zero-order chi connectivity index (χ0) is 5.82. The second kappa shape index (κ2) is 2.67. The number of nitrogens with one attached hydrogen (secondary N) is 1. The molecule has 0 radical (unpaired) electrons. The number of nitrogens with zero attached hydrogens (tertiary/aromatic N) is 1. The molecule has 8 heavy (non-hydrogen) atoms. The first-order valence-corrected chi connectivity index (χ1v) is 2.76. The Morgan fingerprint density at radius 1 is 1.75 bits per heavy atom. The van der Waals surface area contributed by atoms with Crippen LogP contribution < -0.4 is 5.32 Å². The maximum Gasteiger partial charge on any atom is 0.141 e. The first-order valence-electron chi connectivity index (χ1n) is 2.76. The van der Waals surface area contributed by atoms with E-state index in [9.17, 15) is 0 Å². The molecule has 0 spiro atoms. The van der Waals surface area contributed by atoms with Crippen LogP contribution in [0.25, 0.3) is 0 Å². The summed E-state index contributed by atoms with van der Waals surface area (Å²) in [5, 5.41) is 6.47. The molecule has 1 fully saturated rings. The van der Waals surface area contributed by atoms with E-state index in [1.54, 1.807) is 0 Å². The first kappa shape index (κ1) is 5.56. The molecule has 0 aliphatic carbocycles. The van der Waals surface area contributed by atoms with Crippen LogP contribution in [0.1, 0.15) is 6.42 Å². The molecule has 0 aromatic carbocycles. The Morgan fingerprint density at radius 3 is 3.12 bits per heavy atom. The van der Waals surface area contributed by atoms with Crippen molar-refractivity contribution >= 4 is 6.72 Å². The molecular formula is C5H10N2O. The van der Waals surface area contributed by atoms with Gasteiger partial charge in [0.15, 0.2) is 0 Å². The van der Waals surface area contributed by atoms with Crippen molar-refractivity contribution in [3.63, 3.8) is 0 Å². The van der Waals surface area contributed by atoms with Crippen LogP contribution in [0, 0.1) is 0 Å². The average Bonchev–Trinajstić information content (AvgIpc) is 2.19.